The van der Waals surface area contributed by atoms with E-state index in [0.717, 1.165) is 32.6 Å². The maximum atomic E-state index is 10.4. The fourth-order valence-electron chi connectivity index (χ4n) is 3.49. The molecule has 4 rings (SSSR count). The average Bonchev–Trinajstić information content (AvgIpc) is 2.74. The molecule has 4 nitrogen and oxygen atoms in total. The van der Waals surface area contributed by atoms with Gasteiger partial charge in [0, 0.05) is 28.2 Å². The molecule has 0 unspecified atom stereocenters. The lowest BCUT2D eigenvalue weighted by molar-refractivity contribution is 0.408. The predicted octanol–water partition coefficient (Wildman–Crippen LogP) is 5.39. The molecule has 0 bridgehead atoms. The maximum absolute atomic E-state index is 10.4. The molecule has 1 heterocycles. The number of hydrogen-bond donors (Lipinski definition) is 2. The standard InChI is InChI=1S/C23H21BrN2O2/c1-28-18-11-9-15(10-12-18)23-25-20(16-5-4-6-17(24)13-16)14-21(26-23)19-7-2-3-8-22(19)27/h2-13,21,23,26-27H,14H2,1H3/t21-,23-/m0/s1. The van der Waals surface area contributed by atoms with Gasteiger partial charge in [-0.2, -0.15) is 0 Å². The highest BCUT2D eigenvalue weighted by atomic mass is 79.9. The molecule has 0 radical (unpaired) electrons. The Bertz CT molecular complexity index is 1000. The van der Waals surface area contributed by atoms with Crippen LogP contribution in [0, 0.1) is 0 Å². The van der Waals surface area contributed by atoms with Crippen LogP contribution in [0.5, 0.6) is 11.5 Å². The number of aliphatic imine (C=N–C) groups is 1. The molecule has 0 amide bonds. The Kier molecular flexibility index (Phi) is 5.46. The highest BCUT2D eigenvalue weighted by Gasteiger charge is 2.27. The van der Waals surface area contributed by atoms with Crippen LogP contribution in [-0.4, -0.2) is 17.9 Å². The summed E-state index contributed by atoms with van der Waals surface area (Å²) in [5.74, 6) is 1.11. The van der Waals surface area contributed by atoms with Gasteiger partial charge in [0.05, 0.1) is 7.11 Å². The average molecular weight is 437 g/mol. The molecule has 0 saturated carbocycles. The highest BCUT2D eigenvalue weighted by Crippen LogP contribution is 2.34. The first-order valence-corrected chi connectivity index (χ1v) is 9.94. The number of methoxy groups -OCH3 is 1. The number of aromatic hydroxyl groups is 1. The first kappa shape index (κ1) is 18.7. The van der Waals surface area contributed by atoms with Gasteiger partial charge in [0.1, 0.15) is 17.7 Å². The van der Waals surface area contributed by atoms with Crippen LogP contribution in [0.15, 0.2) is 82.3 Å². The summed E-state index contributed by atoms with van der Waals surface area (Å²) in [6, 6.07) is 23.5. The zero-order chi connectivity index (χ0) is 19.5. The van der Waals surface area contributed by atoms with E-state index in [1.54, 1.807) is 13.2 Å². The van der Waals surface area contributed by atoms with Gasteiger partial charge in [-0.05, 0) is 41.5 Å². The van der Waals surface area contributed by atoms with Gasteiger partial charge in [-0.1, -0.05) is 58.4 Å². The Labute approximate surface area is 173 Å². The maximum Gasteiger partial charge on any atom is 0.126 e. The van der Waals surface area contributed by atoms with E-state index in [-0.39, 0.29) is 12.2 Å². The SMILES string of the molecule is COc1ccc([C@H]2N=C(c3cccc(Br)c3)C[C@@H](c3ccccc3O)N2)cc1. The Morgan fingerprint density at radius 2 is 1.82 bits per heavy atom. The quantitative estimate of drug-likeness (QED) is 0.576. The summed E-state index contributed by atoms with van der Waals surface area (Å²) in [6.45, 7) is 0. The number of hydrogen-bond acceptors (Lipinski definition) is 4. The summed E-state index contributed by atoms with van der Waals surface area (Å²) in [4.78, 5) is 4.99. The lowest BCUT2D eigenvalue weighted by Crippen LogP contribution is -2.33. The molecule has 0 aliphatic carbocycles. The molecular weight excluding hydrogens is 416 g/mol. The van der Waals surface area contributed by atoms with Gasteiger partial charge in [0.15, 0.2) is 0 Å². The number of ether oxygens (including phenoxy) is 1. The van der Waals surface area contributed by atoms with Crippen LogP contribution < -0.4 is 10.1 Å². The number of nitrogens with one attached hydrogen (secondary N) is 1. The number of phenols is 1. The minimum absolute atomic E-state index is 0.0419. The summed E-state index contributed by atoms with van der Waals surface area (Å²) >= 11 is 3.55. The zero-order valence-electron chi connectivity index (χ0n) is 15.5. The summed E-state index contributed by atoms with van der Waals surface area (Å²) in [5.41, 5.74) is 4.01. The summed E-state index contributed by atoms with van der Waals surface area (Å²) < 4.78 is 6.29. The second-order valence-corrected chi connectivity index (χ2v) is 7.66. The number of para-hydroxylation sites is 1. The summed E-state index contributed by atoms with van der Waals surface area (Å²) in [7, 11) is 1.66. The molecule has 0 spiro atoms. The molecule has 0 fully saturated rings. The van der Waals surface area contributed by atoms with E-state index in [2.05, 4.69) is 33.4 Å². The van der Waals surface area contributed by atoms with Crippen LogP contribution in [0.2, 0.25) is 0 Å². The molecule has 2 atom stereocenters. The smallest absolute Gasteiger partial charge is 0.126 e. The van der Waals surface area contributed by atoms with E-state index >= 15 is 0 Å². The normalized spacial score (nSPS) is 19.1. The second-order valence-electron chi connectivity index (χ2n) is 6.74. The molecular formula is C23H21BrN2O2. The first-order chi connectivity index (χ1) is 13.6. The number of nitrogens with zero attached hydrogens (tertiary/aromatic N) is 1. The molecule has 3 aromatic rings. The molecule has 1 aliphatic rings. The first-order valence-electron chi connectivity index (χ1n) is 9.14. The molecule has 3 aromatic carbocycles. The van der Waals surface area contributed by atoms with E-state index in [0.29, 0.717) is 12.2 Å². The van der Waals surface area contributed by atoms with Gasteiger partial charge < -0.3 is 9.84 Å². The lowest BCUT2D eigenvalue weighted by atomic mass is 9.93. The van der Waals surface area contributed by atoms with E-state index in [9.17, 15) is 5.11 Å². The van der Waals surface area contributed by atoms with Crippen LogP contribution in [0.1, 0.15) is 35.3 Å². The molecule has 2 N–H and O–H groups in total. The van der Waals surface area contributed by atoms with Gasteiger partial charge in [-0.15, -0.1) is 0 Å². The van der Waals surface area contributed by atoms with Crippen LogP contribution in [0.3, 0.4) is 0 Å². The Morgan fingerprint density at radius 3 is 2.54 bits per heavy atom. The van der Waals surface area contributed by atoms with E-state index < -0.39 is 0 Å². The van der Waals surface area contributed by atoms with Gasteiger partial charge >= 0.3 is 0 Å². The topological polar surface area (TPSA) is 53.9 Å². The molecule has 5 heteroatoms. The second kappa shape index (κ2) is 8.17. The van der Waals surface area contributed by atoms with Gasteiger partial charge in [0.2, 0.25) is 0 Å². The minimum Gasteiger partial charge on any atom is -0.508 e. The lowest BCUT2D eigenvalue weighted by Gasteiger charge is -2.31. The Hall–Kier alpha value is -2.63. The number of phenolic OH excluding ortho intramolecular Hbond substituents is 1. The fourth-order valence-corrected chi connectivity index (χ4v) is 3.89. The van der Waals surface area contributed by atoms with Crippen LogP contribution in [0.4, 0.5) is 0 Å². The highest BCUT2D eigenvalue weighted by molar-refractivity contribution is 9.10. The van der Waals surface area contributed by atoms with Gasteiger partial charge in [0.25, 0.3) is 0 Å². The number of rotatable bonds is 4. The molecule has 28 heavy (non-hydrogen) atoms. The summed E-state index contributed by atoms with van der Waals surface area (Å²) in [5, 5.41) is 14.0. The van der Waals surface area contributed by atoms with Crippen molar-refractivity contribution in [2.45, 2.75) is 18.6 Å². The van der Waals surface area contributed by atoms with E-state index in [1.807, 2.05) is 54.6 Å². The monoisotopic (exact) mass is 436 g/mol. The van der Waals surface area contributed by atoms with Gasteiger partial charge in [-0.25, -0.2) is 0 Å². The summed E-state index contributed by atoms with van der Waals surface area (Å²) in [6.07, 6.45) is 0.485. The molecule has 1 aliphatic heterocycles. The van der Waals surface area contributed by atoms with Crippen molar-refractivity contribution in [1.82, 2.24) is 5.32 Å². The van der Waals surface area contributed by atoms with E-state index in [4.69, 9.17) is 9.73 Å². The Balaban J connectivity index is 1.74. The zero-order valence-corrected chi connectivity index (χ0v) is 17.1. The van der Waals surface area contributed by atoms with Crippen LogP contribution in [-0.2, 0) is 0 Å². The molecule has 142 valence electrons. The third kappa shape index (κ3) is 3.96. The van der Waals surface area contributed by atoms with Crippen molar-refractivity contribution in [3.05, 3.63) is 94.0 Å². The molecule has 0 aromatic heterocycles. The van der Waals surface area contributed by atoms with Crippen LogP contribution >= 0.6 is 15.9 Å². The van der Waals surface area contributed by atoms with Crippen molar-refractivity contribution >= 4 is 21.6 Å². The number of benzene rings is 3. The van der Waals surface area contributed by atoms with Crippen molar-refractivity contribution in [2.75, 3.05) is 7.11 Å². The fraction of sp³-hybridized carbons (Fsp3) is 0.174. The third-order valence-corrected chi connectivity index (χ3v) is 5.44. The van der Waals surface area contributed by atoms with Crippen molar-refractivity contribution in [3.8, 4) is 11.5 Å². The predicted molar refractivity (Wildman–Crippen MR) is 115 cm³/mol. The van der Waals surface area contributed by atoms with Crippen molar-refractivity contribution in [2.24, 2.45) is 4.99 Å². The van der Waals surface area contributed by atoms with E-state index in [1.165, 1.54) is 0 Å². The molecule has 0 saturated heterocycles. The van der Waals surface area contributed by atoms with Crippen molar-refractivity contribution in [3.63, 3.8) is 0 Å². The minimum atomic E-state index is -0.210. The van der Waals surface area contributed by atoms with Crippen LogP contribution in [0.25, 0.3) is 0 Å². The Morgan fingerprint density at radius 1 is 1.04 bits per heavy atom. The van der Waals surface area contributed by atoms with Crippen molar-refractivity contribution < 1.29 is 9.84 Å². The van der Waals surface area contributed by atoms with Crippen molar-refractivity contribution in [1.29, 1.82) is 0 Å². The number of halogens is 1. The largest absolute Gasteiger partial charge is 0.508 e. The van der Waals surface area contributed by atoms with Gasteiger partial charge in [-0.3, -0.25) is 10.3 Å². The third-order valence-electron chi connectivity index (χ3n) is 4.94.